The second-order valence-electron chi connectivity index (χ2n) is 6.48. The van der Waals surface area contributed by atoms with Gasteiger partial charge in [-0.25, -0.2) is 0 Å². The molecule has 1 N–H and O–H groups in total. The lowest BCUT2D eigenvalue weighted by Crippen LogP contribution is -2.29. The number of aromatic amines is 1. The highest BCUT2D eigenvalue weighted by atomic mass is 16.2. The van der Waals surface area contributed by atoms with E-state index >= 15 is 0 Å². The Balaban J connectivity index is 1.48. The molecule has 1 saturated heterocycles. The topological polar surface area (TPSA) is 61.9 Å². The highest BCUT2D eigenvalue weighted by Crippen LogP contribution is 2.21. The average molecular weight is 312 g/mol. The predicted molar refractivity (Wildman–Crippen MR) is 89.0 cm³/mol. The van der Waals surface area contributed by atoms with Crippen molar-refractivity contribution in [3.8, 4) is 0 Å². The van der Waals surface area contributed by atoms with E-state index in [-0.39, 0.29) is 5.91 Å². The zero-order valence-electron chi connectivity index (χ0n) is 13.9. The molecular weight excluding hydrogens is 288 g/mol. The van der Waals surface area contributed by atoms with Crippen LogP contribution in [0.3, 0.4) is 0 Å². The summed E-state index contributed by atoms with van der Waals surface area (Å²) in [7, 11) is 0. The molecule has 1 aliphatic rings. The van der Waals surface area contributed by atoms with Gasteiger partial charge in [-0.1, -0.05) is 6.07 Å². The van der Waals surface area contributed by atoms with E-state index in [2.05, 4.69) is 28.2 Å². The molecule has 3 rings (SSSR count). The SMILES string of the molecule is Cc1[nH]nc(CCC(=O)N2CCC(Cc3cccnc3)C2)c1C. The van der Waals surface area contributed by atoms with Gasteiger partial charge in [-0.05, 0) is 49.8 Å². The first-order valence-corrected chi connectivity index (χ1v) is 8.30. The maximum Gasteiger partial charge on any atom is 0.222 e. The highest BCUT2D eigenvalue weighted by Gasteiger charge is 2.26. The molecule has 0 aliphatic carbocycles. The number of aryl methyl sites for hydroxylation is 2. The third kappa shape index (κ3) is 3.78. The van der Waals surface area contributed by atoms with Crippen molar-refractivity contribution in [2.45, 2.75) is 39.5 Å². The molecule has 1 amide bonds. The van der Waals surface area contributed by atoms with Gasteiger partial charge in [-0.2, -0.15) is 5.10 Å². The fourth-order valence-corrected chi connectivity index (χ4v) is 3.24. The Hall–Kier alpha value is -2.17. The third-order valence-electron chi connectivity index (χ3n) is 4.82. The van der Waals surface area contributed by atoms with Gasteiger partial charge in [0.15, 0.2) is 0 Å². The first kappa shape index (κ1) is 15.7. The van der Waals surface area contributed by atoms with E-state index in [0.717, 1.165) is 43.7 Å². The van der Waals surface area contributed by atoms with Crippen molar-refractivity contribution in [2.24, 2.45) is 5.92 Å². The second-order valence-corrected chi connectivity index (χ2v) is 6.48. The van der Waals surface area contributed by atoms with Crippen molar-refractivity contribution in [2.75, 3.05) is 13.1 Å². The number of hydrogen-bond donors (Lipinski definition) is 1. The van der Waals surface area contributed by atoms with Gasteiger partial charge in [0.2, 0.25) is 5.91 Å². The zero-order chi connectivity index (χ0) is 16.2. The van der Waals surface area contributed by atoms with E-state index in [1.165, 1.54) is 11.1 Å². The Morgan fingerprint density at radius 3 is 3.00 bits per heavy atom. The number of H-pyrrole nitrogens is 1. The molecule has 0 spiro atoms. The van der Waals surface area contributed by atoms with Gasteiger partial charge in [0.05, 0.1) is 5.69 Å². The number of nitrogens with one attached hydrogen (secondary N) is 1. The standard InChI is InChI=1S/C18H24N4O/c1-13-14(2)20-21-17(13)5-6-18(23)22-9-7-16(12-22)10-15-4-3-8-19-11-15/h3-4,8,11,16H,5-7,9-10,12H2,1-2H3,(H,20,21). The van der Waals surface area contributed by atoms with Crippen LogP contribution in [0.1, 0.15) is 35.4 Å². The molecule has 1 atom stereocenters. The maximum atomic E-state index is 12.4. The summed E-state index contributed by atoms with van der Waals surface area (Å²) in [6.07, 6.45) is 7.08. The summed E-state index contributed by atoms with van der Waals surface area (Å²) in [5, 5.41) is 7.27. The quantitative estimate of drug-likeness (QED) is 0.922. The molecule has 5 heteroatoms. The van der Waals surface area contributed by atoms with Gasteiger partial charge >= 0.3 is 0 Å². The summed E-state index contributed by atoms with van der Waals surface area (Å²) in [5.41, 5.74) is 4.54. The number of aromatic nitrogens is 3. The van der Waals surface area contributed by atoms with Crippen LogP contribution in [0.4, 0.5) is 0 Å². The minimum absolute atomic E-state index is 0.249. The minimum atomic E-state index is 0.249. The molecule has 0 bridgehead atoms. The first-order chi connectivity index (χ1) is 11.1. The van der Waals surface area contributed by atoms with Gasteiger partial charge in [0.1, 0.15) is 0 Å². The van der Waals surface area contributed by atoms with Crippen molar-refractivity contribution < 1.29 is 4.79 Å². The lowest BCUT2D eigenvalue weighted by Gasteiger charge is -2.16. The van der Waals surface area contributed by atoms with Crippen molar-refractivity contribution >= 4 is 5.91 Å². The van der Waals surface area contributed by atoms with E-state index in [1.54, 1.807) is 6.20 Å². The van der Waals surface area contributed by atoms with Crippen LogP contribution >= 0.6 is 0 Å². The van der Waals surface area contributed by atoms with Crippen LogP contribution in [0.2, 0.25) is 0 Å². The predicted octanol–water partition coefficient (Wildman–Crippen LogP) is 2.45. The summed E-state index contributed by atoms with van der Waals surface area (Å²) in [6.45, 7) is 5.81. The molecule has 2 aromatic heterocycles. The molecule has 1 aliphatic heterocycles. The largest absolute Gasteiger partial charge is 0.342 e. The van der Waals surface area contributed by atoms with Crippen LogP contribution in [0.5, 0.6) is 0 Å². The van der Waals surface area contributed by atoms with Crippen LogP contribution in [0.15, 0.2) is 24.5 Å². The molecule has 5 nitrogen and oxygen atoms in total. The van der Waals surface area contributed by atoms with Crippen molar-refractivity contribution in [1.82, 2.24) is 20.1 Å². The number of carbonyl (C=O) groups is 1. The second kappa shape index (κ2) is 6.94. The molecule has 0 aromatic carbocycles. The zero-order valence-corrected chi connectivity index (χ0v) is 13.9. The van der Waals surface area contributed by atoms with E-state index in [4.69, 9.17) is 0 Å². The molecule has 1 unspecified atom stereocenters. The summed E-state index contributed by atoms with van der Waals surface area (Å²) in [5.74, 6) is 0.802. The lowest BCUT2D eigenvalue weighted by atomic mass is 10.00. The van der Waals surface area contributed by atoms with Crippen LogP contribution < -0.4 is 0 Å². The Morgan fingerprint density at radius 2 is 2.30 bits per heavy atom. The summed E-state index contributed by atoms with van der Waals surface area (Å²) in [4.78, 5) is 18.6. The van der Waals surface area contributed by atoms with Gasteiger partial charge in [-0.15, -0.1) is 0 Å². The third-order valence-corrected chi connectivity index (χ3v) is 4.82. The fourth-order valence-electron chi connectivity index (χ4n) is 3.24. The van der Waals surface area contributed by atoms with Gasteiger partial charge in [0, 0.05) is 44.0 Å². The molecule has 23 heavy (non-hydrogen) atoms. The van der Waals surface area contributed by atoms with Crippen molar-refractivity contribution in [1.29, 1.82) is 0 Å². The normalized spacial score (nSPS) is 17.7. The summed E-state index contributed by atoms with van der Waals surface area (Å²) in [6, 6.07) is 4.08. The number of likely N-dealkylation sites (tertiary alicyclic amines) is 1. The molecule has 1 fully saturated rings. The molecular formula is C18H24N4O. The van der Waals surface area contributed by atoms with Crippen LogP contribution in [-0.4, -0.2) is 39.1 Å². The van der Waals surface area contributed by atoms with Gasteiger partial charge in [-0.3, -0.25) is 14.9 Å². The average Bonchev–Trinajstić information content (AvgIpc) is 3.15. The Labute approximate surface area is 137 Å². The molecule has 2 aromatic rings. The number of carbonyl (C=O) groups excluding carboxylic acids is 1. The summed E-state index contributed by atoms with van der Waals surface area (Å²) >= 11 is 0. The number of rotatable bonds is 5. The van der Waals surface area contributed by atoms with Crippen LogP contribution in [-0.2, 0) is 17.6 Å². The Kier molecular flexibility index (Phi) is 4.74. The minimum Gasteiger partial charge on any atom is -0.342 e. The lowest BCUT2D eigenvalue weighted by molar-refractivity contribution is -0.130. The Bertz CT molecular complexity index is 665. The van der Waals surface area contributed by atoms with Gasteiger partial charge in [0.25, 0.3) is 0 Å². The Morgan fingerprint density at radius 1 is 1.43 bits per heavy atom. The smallest absolute Gasteiger partial charge is 0.222 e. The van der Waals surface area contributed by atoms with E-state index < -0.39 is 0 Å². The highest BCUT2D eigenvalue weighted by molar-refractivity contribution is 5.76. The summed E-state index contributed by atoms with van der Waals surface area (Å²) < 4.78 is 0. The fraction of sp³-hybridized carbons (Fsp3) is 0.500. The monoisotopic (exact) mass is 312 g/mol. The number of pyridine rings is 1. The number of amides is 1. The molecule has 0 radical (unpaired) electrons. The molecule has 122 valence electrons. The first-order valence-electron chi connectivity index (χ1n) is 8.30. The molecule has 0 saturated carbocycles. The van der Waals surface area contributed by atoms with E-state index in [9.17, 15) is 4.79 Å². The maximum absolute atomic E-state index is 12.4. The van der Waals surface area contributed by atoms with Crippen LogP contribution in [0.25, 0.3) is 0 Å². The number of nitrogens with zero attached hydrogens (tertiary/aromatic N) is 3. The van der Waals surface area contributed by atoms with Crippen molar-refractivity contribution in [3.05, 3.63) is 47.0 Å². The van der Waals surface area contributed by atoms with Crippen molar-refractivity contribution in [3.63, 3.8) is 0 Å². The molecule has 3 heterocycles. The van der Waals surface area contributed by atoms with Crippen LogP contribution in [0, 0.1) is 19.8 Å². The number of hydrogen-bond acceptors (Lipinski definition) is 3. The van der Waals surface area contributed by atoms with Gasteiger partial charge < -0.3 is 4.90 Å². The van der Waals surface area contributed by atoms with E-state index in [1.807, 2.05) is 24.1 Å². The van der Waals surface area contributed by atoms with E-state index in [0.29, 0.717) is 12.3 Å².